The van der Waals surface area contributed by atoms with Crippen LogP contribution >= 0.6 is 0 Å². The van der Waals surface area contributed by atoms with E-state index in [0.717, 1.165) is 55.9 Å². The minimum absolute atomic E-state index is 0.000200. The van der Waals surface area contributed by atoms with Crippen LogP contribution in [0.25, 0.3) is 10.8 Å². The van der Waals surface area contributed by atoms with E-state index in [1.165, 1.54) is 22.1 Å². The molecule has 0 atom stereocenters. The largest absolute Gasteiger partial charge is 0.379 e. The van der Waals surface area contributed by atoms with Gasteiger partial charge in [-0.1, -0.05) is 56.3 Å². The van der Waals surface area contributed by atoms with Gasteiger partial charge in [0.05, 0.1) is 13.2 Å². The molecule has 3 aromatic carbocycles. The number of anilines is 1. The Hall–Kier alpha value is -2.69. The van der Waals surface area contributed by atoms with Gasteiger partial charge in [-0.2, -0.15) is 0 Å². The number of benzene rings is 3. The SMILES string of the molecule is CC.O=C1Nc2ccc(Cc3ccc(CN4CCOCC4)cc3)c3cccc1c23. The highest BCUT2D eigenvalue weighted by atomic mass is 16.5. The average molecular weight is 389 g/mol. The quantitative estimate of drug-likeness (QED) is 0.694. The molecule has 4 nitrogen and oxygen atoms in total. The summed E-state index contributed by atoms with van der Waals surface area (Å²) in [5.74, 6) is 0.000200. The molecule has 2 aliphatic rings. The van der Waals surface area contributed by atoms with Gasteiger partial charge in [-0.15, -0.1) is 0 Å². The Morgan fingerprint density at radius 1 is 0.931 bits per heavy atom. The maximum absolute atomic E-state index is 12.1. The summed E-state index contributed by atoms with van der Waals surface area (Å²) in [5, 5.41) is 5.18. The maximum Gasteiger partial charge on any atom is 0.256 e. The van der Waals surface area contributed by atoms with Crippen molar-refractivity contribution in [2.24, 2.45) is 0 Å². The zero-order valence-corrected chi connectivity index (χ0v) is 17.2. The molecule has 150 valence electrons. The summed E-state index contributed by atoms with van der Waals surface area (Å²) in [6.45, 7) is 8.67. The molecule has 2 aliphatic heterocycles. The molecule has 2 heterocycles. The van der Waals surface area contributed by atoms with Crippen molar-refractivity contribution >= 4 is 22.4 Å². The van der Waals surface area contributed by atoms with Crippen molar-refractivity contribution in [2.75, 3.05) is 31.6 Å². The lowest BCUT2D eigenvalue weighted by atomic mass is 9.95. The Bertz CT molecular complexity index is 1010. The van der Waals surface area contributed by atoms with Crippen LogP contribution in [-0.2, 0) is 17.7 Å². The topological polar surface area (TPSA) is 41.6 Å². The van der Waals surface area contributed by atoms with Gasteiger partial charge in [0, 0.05) is 36.3 Å². The summed E-state index contributed by atoms with van der Waals surface area (Å²) in [7, 11) is 0. The second-order valence-corrected chi connectivity index (χ2v) is 7.34. The summed E-state index contributed by atoms with van der Waals surface area (Å²) >= 11 is 0. The van der Waals surface area contributed by atoms with Crippen LogP contribution in [0.1, 0.15) is 40.9 Å². The van der Waals surface area contributed by atoms with Crippen molar-refractivity contribution < 1.29 is 9.53 Å². The molecule has 0 unspecified atom stereocenters. The first-order valence-electron chi connectivity index (χ1n) is 10.5. The number of carbonyl (C=O) groups excluding carboxylic acids is 1. The number of ether oxygens (including phenoxy) is 1. The van der Waals surface area contributed by atoms with Gasteiger partial charge in [0.15, 0.2) is 0 Å². The van der Waals surface area contributed by atoms with Crippen molar-refractivity contribution in [3.8, 4) is 0 Å². The van der Waals surface area contributed by atoms with E-state index < -0.39 is 0 Å². The Kier molecular flexibility index (Phi) is 5.93. The molecular weight excluding hydrogens is 360 g/mol. The minimum Gasteiger partial charge on any atom is -0.379 e. The third-order valence-corrected chi connectivity index (χ3v) is 5.55. The highest BCUT2D eigenvalue weighted by molar-refractivity contribution is 6.24. The third-order valence-electron chi connectivity index (χ3n) is 5.55. The number of amides is 1. The molecular formula is C25H28N2O2. The van der Waals surface area contributed by atoms with Gasteiger partial charge in [0.25, 0.3) is 5.91 Å². The van der Waals surface area contributed by atoms with E-state index in [1.807, 2.05) is 32.0 Å². The molecule has 29 heavy (non-hydrogen) atoms. The van der Waals surface area contributed by atoms with Gasteiger partial charge in [-0.05, 0) is 40.6 Å². The summed E-state index contributed by atoms with van der Waals surface area (Å²) < 4.78 is 5.42. The van der Waals surface area contributed by atoms with E-state index in [-0.39, 0.29) is 5.91 Å². The normalized spacial score (nSPS) is 15.7. The zero-order chi connectivity index (χ0) is 20.2. The van der Waals surface area contributed by atoms with Crippen LogP contribution in [0.4, 0.5) is 5.69 Å². The molecule has 3 aromatic rings. The molecule has 1 fully saturated rings. The van der Waals surface area contributed by atoms with E-state index in [9.17, 15) is 4.79 Å². The maximum atomic E-state index is 12.1. The lowest BCUT2D eigenvalue weighted by Crippen LogP contribution is -2.35. The number of nitrogens with zero attached hydrogens (tertiary/aromatic N) is 1. The van der Waals surface area contributed by atoms with Crippen LogP contribution in [0.15, 0.2) is 54.6 Å². The lowest BCUT2D eigenvalue weighted by Gasteiger charge is -2.26. The molecule has 0 spiro atoms. The van der Waals surface area contributed by atoms with E-state index in [1.54, 1.807) is 0 Å². The van der Waals surface area contributed by atoms with Gasteiger partial charge in [-0.3, -0.25) is 9.69 Å². The molecule has 1 saturated heterocycles. The second-order valence-electron chi connectivity index (χ2n) is 7.34. The van der Waals surface area contributed by atoms with Crippen LogP contribution in [-0.4, -0.2) is 37.1 Å². The number of morpholine rings is 1. The van der Waals surface area contributed by atoms with Gasteiger partial charge >= 0.3 is 0 Å². The number of hydrogen-bond acceptors (Lipinski definition) is 3. The summed E-state index contributed by atoms with van der Waals surface area (Å²) in [5.41, 5.74) is 5.60. The first-order valence-corrected chi connectivity index (χ1v) is 10.5. The number of rotatable bonds is 4. The van der Waals surface area contributed by atoms with Gasteiger partial charge < -0.3 is 10.1 Å². The van der Waals surface area contributed by atoms with Crippen molar-refractivity contribution in [3.63, 3.8) is 0 Å². The molecule has 0 bridgehead atoms. The average Bonchev–Trinajstić information content (AvgIpc) is 3.11. The second kappa shape index (κ2) is 8.76. The number of nitrogens with one attached hydrogen (secondary N) is 1. The predicted octanol–water partition coefficient (Wildman–Crippen LogP) is 4.85. The first kappa shape index (κ1) is 19.6. The van der Waals surface area contributed by atoms with Crippen LogP contribution in [0.5, 0.6) is 0 Å². The smallest absolute Gasteiger partial charge is 0.256 e. The Balaban J connectivity index is 0.000000994. The summed E-state index contributed by atoms with van der Waals surface area (Å²) in [4.78, 5) is 14.5. The predicted molar refractivity (Wildman–Crippen MR) is 119 cm³/mol. The first-order chi connectivity index (χ1) is 14.3. The molecule has 0 aromatic heterocycles. The monoisotopic (exact) mass is 388 g/mol. The molecule has 1 amide bonds. The Morgan fingerprint density at radius 2 is 1.66 bits per heavy atom. The van der Waals surface area contributed by atoms with Crippen molar-refractivity contribution in [2.45, 2.75) is 26.8 Å². The van der Waals surface area contributed by atoms with Crippen LogP contribution in [0.3, 0.4) is 0 Å². The van der Waals surface area contributed by atoms with Gasteiger partial charge in [-0.25, -0.2) is 0 Å². The molecule has 0 aliphatic carbocycles. The molecule has 5 rings (SSSR count). The van der Waals surface area contributed by atoms with Crippen molar-refractivity contribution in [1.82, 2.24) is 4.90 Å². The van der Waals surface area contributed by atoms with Crippen molar-refractivity contribution in [3.05, 3.63) is 76.9 Å². The Morgan fingerprint density at radius 3 is 2.41 bits per heavy atom. The van der Waals surface area contributed by atoms with E-state index in [0.29, 0.717) is 0 Å². The van der Waals surface area contributed by atoms with Gasteiger partial charge in [0.1, 0.15) is 0 Å². The van der Waals surface area contributed by atoms with E-state index >= 15 is 0 Å². The summed E-state index contributed by atoms with van der Waals surface area (Å²) in [6.07, 6.45) is 0.867. The molecule has 4 heteroatoms. The fourth-order valence-corrected chi connectivity index (χ4v) is 4.10. The van der Waals surface area contributed by atoms with Gasteiger partial charge in [0.2, 0.25) is 0 Å². The highest BCUT2D eigenvalue weighted by Gasteiger charge is 2.22. The standard InChI is InChI=1S/C23H22N2O2.C2H6/c26-23-20-3-1-2-19-18(8-9-21(24-23)22(19)20)14-16-4-6-17(7-5-16)15-25-10-12-27-13-11-25;1-2/h1-9H,10-15H2,(H,24,26);1-2H3. The molecule has 0 radical (unpaired) electrons. The van der Waals surface area contributed by atoms with Crippen LogP contribution < -0.4 is 5.32 Å². The fourth-order valence-electron chi connectivity index (χ4n) is 4.10. The van der Waals surface area contributed by atoms with Crippen molar-refractivity contribution in [1.29, 1.82) is 0 Å². The number of carbonyl (C=O) groups is 1. The lowest BCUT2D eigenvalue weighted by molar-refractivity contribution is 0.0342. The van der Waals surface area contributed by atoms with Crippen LogP contribution in [0, 0.1) is 0 Å². The number of hydrogen-bond donors (Lipinski definition) is 1. The fraction of sp³-hybridized carbons (Fsp3) is 0.320. The van der Waals surface area contributed by atoms with E-state index in [2.05, 4.69) is 46.6 Å². The zero-order valence-electron chi connectivity index (χ0n) is 17.2. The van der Waals surface area contributed by atoms with Crippen LogP contribution in [0.2, 0.25) is 0 Å². The third kappa shape index (κ3) is 4.04. The molecule has 1 N–H and O–H groups in total. The molecule has 0 saturated carbocycles. The van der Waals surface area contributed by atoms with E-state index in [4.69, 9.17) is 4.74 Å². The summed E-state index contributed by atoms with van der Waals surface area (Å²) in [6, 6.07) is 19.1. The highest BCUT2D eigenvalue weighted by Crippen LogP contribution is 2.35. The Labute approximate surface area is 172 Å². The minimum atomic E-state index is 0.000200.